The van der Waals surface area contributed by atoms with Crippen LogP contribution in [0.5, 0.6) is 0 Å². The Labute approximate surface area is 108 Å². The third-order valence-corrected chi connectivity index (χ3v) is 2.65. The van der Waals surface area contributed by atoms with Crippen LogP contribution in [-0.2, 0) is 0 Å². The largest absolute Gasteiger partial charge is 0.478 e. The average molecular weight is 260 g/mol. The van der Waals surface area contributed by atoms with Crippen LogP contribution in [0.1, 0.15) is 20.8 Å². The zero-order chi connectivity index (χ0) is 14.0. The Hall–Kier alpha value is -2.83. The molecule has 0 unspecified atom stereocenters. The van der Waals surface area contributed by atoms with Crippen molar-refractivity contribution in [1.82, 2.24) is 10.2 Å². The molecule has 1 heterocycles. The lowest BCUT2D eigenvalue weighted by molar-refractivity contribution is 0.0698. The van der Waals surface area contributed by atoms with E-state index in [1.807, 2.05) is 0 Å². The standard InChI is InChI=1S/C12H12N4O3/c1-16(11(17)9-4-5-14-15-9)10-3-2-7(13)6-8(10)12(18)19/h2-6H,13H2,1H3,(H,14,15)(H,18,19). The van der Waals surface area contributed by atoms with Gasteiger partial charge < -0.3 is 15.7 Å². The Morgan fingerprint density at radius 1 is 1.37 bits per heavy atom. The lowest BCUT2D eigenvalue weighted by Crippen LogP contribution is -2.28. The summed E-state index contributed by atoms with van der Waals surface area (Å²) < 4.78 is 0. The van der Waals surface area contributed by atoms with Crippen LogP contribution in [0.15, 0.2) is 30.5 Å². The highest BCUT2D eigenvalue weighted by Crippen LogP contribution is 2.23. The highest BCUT2D eigenvalue weighted by atomic mass is 16.4. The minimum Gasteiger partial charge on any atom is -0.478 e. The first-order chi connectivity index (χ1) is 9.00. The van der Waals surface area contributed by atoms with Crippen LogP contribution in [0.2, 0.25) is 0 Å². The summed E-state index contributed by atoms with van der Waals surface area (Å²) in [5, 5.41) is 15.4. The molecule has 7 heteroatoms. The number of hydrogen-bond donors (Lipinski definition) is 3. The molecule has 7 nitrogen and oxygen atoms in total. The van der Waals surface area contributed by atoms with Crippen molar-refractivity contribution >= 4 is 23.3 Å². The van der Waals surface area contributed by atoms with Crippen LogP contribution in [0.4, 0.5) is 11.4 Å². The second kappa shape index (κ2) is 4.81. The van der Waals surface area contributed by atoms with Crippen molar-refractivity contribution in [2.45, 2.75) is 0 Å². The van der Waals surface area contributed by atoms with Gasteiger partial charge in [-0.1, -0.05) is 0 Å². The number of aromatic carboxylic acids is 1. The maximum Gasteiger partial charge on any atom is 0.337 e. The first-order valence-corrected chi connectivity index (χ1v) is 5.41. The first kappa shape index (κ1) is 12.6. The molecule has 0 aliphatic carbocycles. The third-order valence-electron chi connectivity index (χ3n) is 2.65. The molecule has 1 amide bonds. The van der Waals surface area contributed by atoms with E-state index in [0.717, 1.165) is 0 Å². The van der Waals surface area contributed by atoms with Crippen molar-refractivity contribution in [3.63, 3.8) is 0 Å². The van der Waals surface area contributed by atoms with Crippen molar-refractivity contribution < 1.29 is 14.7 Å². The molecular weight excluding hydrogens is 248 g/mol. The van der Waals surface area contributed by atoms with E-state index in [1.54, 1.807) is 6.07 Å². The first-order valence-electron chi connectivity index (χ1n) is 5.41. The molecular formula is C12H12N4O3. The molecule has 0 saturated carbocycles. The number of carbonyl (C=O) groups is 2. The van der Waals surface area contributed by atoms with E-state index in [1.165, 1.54) is 36.3 Å². The van der Waals surface area contributed by atoms with Crippen molar-refractivity contribution in [3.05, 3.63) is 41.7 Å². The molecule has 0 saturated heterocycles. The molecule has 0 fully saturated rings. The highest BCUT2D eigenvalue weighted by molar-refractivity contribution is 6.08. The summed E-state index contributed by atoms with van der Waals surface area (Å²) in [5.41, 5.74) is 6.38. The zero-order valence-corrected chi connectivity index (χ0v) is 10.1. The normalized spacial score (nSPS) is 10.2. The van der Waals surface area contributed by atoms with Gasteiger partial charge in [-0.3, -0.25) is 9.89 Å². The van der Waals surface area contributed by atoms with Crippen LogP contribution in [-0.4, -0.2) is 34.2 Å². The second-order valence-corrected chi connectivity index (χ2v) is 3.92. The number of aromatic nitrogens is 2. The molecule has 0 aliphatic rings. The fraction of sp³-hybridized carbons (Fsp3) is 0.0833. The van der Waals surface area contributed by atoms with E-state index < -0.39 is 5.97 Å². The monoisotopic (exact) mass is 260 g/mol. The number of nitrogen functional groups attached to an aromatic ring is 1. The lowest BCUT2D eigenvalue weighted by Gasteiger charge is -2.18. The minimum atomic E-state index is -1.15. The number of carboxylic acid groups (broad SMARTS) is 1. The number of aromatic amines is 1. The lowest BCUT2D eigenvalue weighted by atomic mass is 10.1. The number of nitrogens with one attached hydrogen (secondary N) is 1. The molecule has 19 heavy (non-hydrogen) atoms. The molecule has 0 spiro atoms. The zero-order valence-electron chi connectivity index (χ0n) is 10.1. The Kier molecular flexibility index (Phi) is 3.19. The molecule has 0 atom stereocenters. The Morgan fingerprint density at radius 2 is 2.11 bits per heavy atom. The van der Waals surface area contributed by atoms with Crippen molar-refractivity contribution in [3.8, 4) is 0 Å². The number of nitrogens with zero attached hydrogens (tertiary/aromatic N) is 2. The van der Waals surface area contributed by atoms with Crippen molar-refractivity contribution in [2.24, 2.45) is 0 Å². The molecule has 98 valence electrons. The van der Waals surface area contributed by atoms with Crippen molar-refractivity contribution in [1.29, 1.82) is 0 Å². The summed E-state index contributed by atoms with van der Waals surface area (Å²) in [5.74, 6) is -1.53. The highest BCUT2D eigenvalue weighted by Gasteiger charge is 2.20. The van der Waals surface area contributed by atoms with Crippen LogP contribution in [0.3, 0.4) is 0 Å². The summed E-state index contributed by atoms with van der Waals surface area (Å²) in [6.07, 6.45) is 1.45. The van der Waals surface area contributed by atoms with Gasteiger partial charge in [-0.15, -0.1) is 0 Å². The van der Waals surface area contributed by atoms with Crippen LogP contribution < -0.4 is 10.6 Å². The number of H-pyrrole nitrogens is 1. The smallest absolute Gasteiger partial charge is 0.337 e. The SMILES string of the molecule is CN(C(=O)c1ccn[nH]1)c1ccc(N)cc1C(=O)O. The predicted octanol–water partition coefficient (Wildman–Crippen LogP) is 0.967. The topological polar surface area (TPSA) is 112 Å². The van der Waals surface area contributed by atoms with Crippen LogP contribution in [0.25, 0.3) is 0 Å². The third kappa shape index (κ3) is 2.39. The number of amides is 1. The van der Waals surface area contributed by atoms with E-state index in [4.69, 9.17) is 10.8 Å². The van der Waals surface area contributed by atoms with Gasteiger partial charge in [0.2, 0.25) is 0 Å². The Bertz CT molecular complexity index is 622. The maximum atomic E-state index is 12.1. The molecule has 1 aromatic carbocycles. The van der Waals surface area contributed by atoms with E-state index in [-0.39, 0.29) is 22.9 Å². The fourth-order valence-electron chi connectivity index (χ4n) is 1.68. The summed E-state index contributed by atoms with van der Waals surface area (Å²) in [6, 6.07) is 5.86. The van der Waals surface area contributed by atoms with Crippen LogP contribution in [0, 0.1) is 0 Å². The van der Waals surface area contributed by atoms with Gasteiger partial charge in [-0.05, 0) is 24.3 Å². The number of carboxylic acids is 1. The maximum absolute atomic E-state index is 12.1. The number of nitrogens with two attached hydrogens (primary N) is 1. The predicted molar refractivity (Wildman–Crippen MR) is 69.1 cm³/mol. The molecule has 0 radical (unpaired) electrons. The molecule has 0 bridgehead atoms. The minimum absolute atomic E-state index is 0.0321. The molecule has 2 rings (SSSR count). The van der Waals surface area contributed by atoms with E-state index in [0.29, 0.717) is 5.69 Å². The summed E-state index contributed by atoms with van der Waals surface area (Å²) in [4.78, 5) is 24.5. The van der Waals surface area contributed by atoms with Gasteiger partial charge in [0.1, 0.15) is 5.69 Å². The Balaban J connectivity index is 2.41. The van der Waals surface area contributed by atoms with E-state index in [2.05, 4.69) is 10.2 Å². The second-order valence-electron chi connectivity index (χ2n) is 3.92. The van der Waals surface area contributed by atoms with Gasteiger partial charge in [0.25, 0.3) is 5.91 Å². The average Bonchev–Trinajstić information content (AvgIpc) is 2.90. The molecule has 2 aromatic rings. The quantitative estimate of drug-likeness (QED) is 0.712. The van der Waals surface area contributed by atoms with Gasteiger partial charge in [0.05, 0.1) is 11.3 Å². The summed E-state index contributed by atoms with van der Waals surface area (Å²) >= 11 is 0. The van der Waals surface area contributed by atoms with E-state index in [9.17, 15) is 9.59 Å². The van der Waals surface area contributed by atoms with Crippen molar-refractivity contribution in [2.75, 3.05) is 17.7 Å². The molecule has 1 aromatic heterocycles. The van der Waals surface area contributed by atoms with Gasteiger partial charge in [-0.2, -0.15) is 5.10 Å². The fourth-order valence-corrected chi connectivity index (χ4v) is 1.68. The molecule has 0 aliphatic heterocycles. The van der Waals surface area contributed by atoms with Gasteiger partial charge in [0, 0.05) is 18.9 Å². The van der Waals surface area contributed by atoms with Gasteiger partial charge >= 0.3 is 5.97 Å². The number of carbonyl (C=O) groups excluding carboxylic acids is 1. The Morgan fingerprint density at radius 3 is 2.68 bits per heavy atom. The number of hydrogen-bond acceptors (Lipinski definition) is 4. The summed E-state index contributed by atoms with van der Waals surface area (Å²) in [6.45, 7) is 0. The summed E-state index contributed by atoms with van der Waals surface area (Å²) in [7, 11) is 1.49. The number of anilines is 2. The molecule has 4 N–H and O–H groups in total. The van der Waals surface area contributed by atoms with E-state index >= 15 is 0 Å². The van der Waals surface area contributed by atoms with Gasteiger partial charge in [-0.25, -0.2) is 4.79 Å². The number of rotatable bonds is 3. The number of benzene rings is 1. The van der Waals surface area contributed by atoms with Crippen LogP contribution >= 0.6 is 0 Å². The van der Waals surface area contributed by atoms with Gasteiger partial charge in [0.15, 0.2) is 0 Å².